The fraction of sp³-hybridized carbons (Fsp3) is 0. The molecule has 0 saturated carbocycles. The summed E-state index contributed by atoms with van der Waals surface area (Å²) in [5.74, 6) is 0. The van der Waals surface area contributed by atoms with Gasteiger partial charge in [-0.25, -0.2) is 0 Å². The average Bonchev–Trinajstić information content (AvgIpc) is 1.54. The van der Waals surface area contributed by atoms with Crippen molar-refractivity contribution < 1.29 is 53.4 Å². The molecular weight excluding hydrogens is 282 g/mol. The third-order valence-electron chi connectivity index (χ3n) is 0. The van der Waals surface area contributed by atoms with Crippen LogP contribution in [0, 0.1) is 46.0 Å². The molecule has 0 rings (SSSR count). The van der Waals surface area contributed by atoms with E-state index in [1.54, 1.807) is 0 Å². The monoisotopic (exact) mass is 288 g/mol. The molecule has 97 valence electrons. The summed E-state index contributed by atoms with van der Waals surface area (Å²) in [6, 6.07) is 0. The van der Waals surface area contributed by atoms with Crippen molar-refractivity contribution in [3.8, 4) is 0 Å². The van der Waals surface area contributed by atoms with Gasteiger partial charge in [-0.3, -0.25) is 0 Å². The second-order valence-corrected chi connectivity index (χ2v) is 0.671. The number of rotatable bonds is 0. The summed E-state index contributed by atoms with van der Waals surface area (Å²) in [4.78, 5) is 24.8. The van der Waals surface area contributed by atoms with Gasteiger partial charge in [0.2, 0.25) is 0 Å². The Kier molecular flexibility index (Phi) is 113. The van der Waals surface area contributed by atoms with Gasteiger partial charge in [0.25, 0.3) is 0 Å². The molecule has 0 amide bonds. The standard InChI is InChI=1S/3NO3.3H2O.Ti/c3*2-1(3)4;;;;/h;;;3*1H2;/q3*-1;;;;+3. The molecule has 0 aliphatic heterocycles. The Morgan fingerprint density at radius 1 is 0.500 bits per heavy atom. The van der Waals surface area contributed by atoms with Crippen LogP contribution in [0.15, 0.2) is 0 Å². The first-order chi connectivity index (χ1) is 5.20. The van der Waals surface area contributed by atoms with E-state index >= 15 is 0 Å². The molecule has 0 aliphatic carbocycles. The van der Waals surface area contributed by atoms with Gasteiger partial charge in [-0.1, -0.05) is 0 Å². The van der Waals surface area contributed by atoms with E-state index in [1.165, 1.54) is 0 Å². The smallest absolute Gasteiger partial charge is 0.412 e. The summed E-state index contributed by atoms with van der Waals surface area (Å²) in [6.45, 7) is 0. The summed E-state index contributed by atoms with van der Waals surface area (Å²) in [6.07, 6.45) is 0. The van der Waals surface area contributed by atoms with Crippen LogP contribution in [0.5, 0.6) is 0 Å². The molecule has 0 spiro atoms. The third kappa shape index (κ3) is 469. The molecule has 0 atom stereocenters. The summed E-state index contributed by atoms with van der Waals surface area (Å²) in [5, 5.41) is 44.2. The topological polar surface area (TPSA) is 293 Å². The molecule has 6 N–H and O–H groups in total. The van der Waals surface area contributed by atoms with Crippen molar-refractivity contribution in [1.29, 1.82) is 0 Å². The summed E-state index contributed by atoms with van der Waals surface area (Å²) in [5.41, 5.74) is 0. The first kappa shape index (κ1) is 47.7. The maximum Gasteiger partial charge on any atom is 3.00 e. The molecule has 15 nitrogen and oxygen atoms in total. The van der Waals surface area contributed by atoms with Gasteiger partial charge in [0.05, 0.1) is 15.3 Å². The van der Waals surface area contributed by atoms with Crippen molar-refractivity contribution in [2.75, 3.05) is 0 Å². The Balaban J connectivity index is -0.0000000135. The Bertz CT molecular complexity index is 114. The molecular formula is H6N3O12Ti. The summed E-state index contributed by atoms with van der Waals surface area (Å²) >= 11 is 0. The van der Waals surface area contributed by atoms with E-state index in [1.807, 2.05) is 0 Å². The van der Waals surface area contributed by atoms with Crippen molar-refractivity contribution in [2.24, 2.45) is 0 Å². The SMILES string of the molecule is O.O.O.O=[N+]([O-])[O-].O=[N+]([O-])[O-].O=[N+]([O-])[O-].[Ti+3]. The average molecular weight is 288 g/mol. The predicted octanol–water partition coefficient (Wildman–Crippen LogP) is -3.19. The molecule has 1 radical (unpaired) electrons. The van der Waals surface area contributed by atoms with Gasteiger partial charge in [-0.15, -0.1) is 0 Å². The van der Waals surface area contributed by atoms with Crippen LogP contribution in [0.4, 0.5) is 0 Å². The minimum Gasteiger partial charge on any atom is -0.412 e. The van der Waals surface area contributed by atoms with E-state index < -0.39 is 15.3 Å². The van der Waals surface area contributed by atoms with E-state index in [2.05, 4.69) is 0 Å². The number of hydrogen-bond donors (Lipinski definition) is 0. The fourth-order valence-corrected chi connectivity index (χ4v) is 0. The molecule has 0 aromatic rings. The third-order valence-corrected chi connectivity index (χ3v) is 0. The van der Waals surface area contributed by atoms with Gasteiger partial charge in [0.15, 0.2) is 0 Å². The zero-order chi connectivity index (χ0) is 10.7. The van der Waals surface area contributed by atoms with Crippen molar-refractivity contribution in [1.82, 2.24) is 0 Å². The molecule has 0 aromatic carbocycles. The predicted molar refractivity (Wildman–Crippen MR) is 41.9 cm³/mol. The van der Waals surface area contributed by atoms with E-state index in [4.69, 9.17) is 46.0 Å². The van der Waals surface area contributed by atoms with Gasteiger partial charge in [-0.2, -0.15) is 0 Å². The number of nitrogens with zero attached hydrogens (tertiary/aromatic N) is 3. The summed E-state index contributed by atoms with van der Waals surface area (Å²) in [7, 11) is 0. The van der Waals surface area contributed by atoms with Crippen molar-refractivity contribution in [3.63, 3.8) is 0 Å². The van der Waals surface area contributed by atoms with E-state index in [-0.39, 0.29) is 38.1 Å². The molecule has 0 aliphatic rings. The Morgan fingerprint density at radius 3 is 0.500 bits per heavy atom. The van der Waals surface area contributed by atoms with Crippen LogP contribution in [0.1, 0.15) is 0 Å². The minimum atomic E-state index is -1.75. The maximum absolute atomic E-state index is 8.25. The fourth-order valence-electron chi connectivity index (χ4n) is 0. The van der Waals surface area contributed by atoms with Crippen LogP contribution in [0.2, 0.25) is 0 Å². The van der Waals surface area contributed by atoms with Crippen molar-refractivity contribution in [3.05, 3.63) is 46.0 Å². The van der Waals surface area contributed by atoms with Gasteiger partial charge in [-0.05, 0) is 0 Å². The first-order valence-electron chi connectivity index (χ1n) is 1.64. The van der Waals surface area contributed by atoms with Crippen molar-refractivity contribution in [2.45, 2.75) is 0 Å². The van der Waals surface area contributed by atoms with Crippen LogP contribution in [0.25, 0.3) is 0 Å². The normalized spacial score (nSPS) is 4.50. The second-order valence-electron chi connectivity index (χ2n) is 0.671. The molecule has 0 bridgehead atoms. The van der Waals surface area contributed by atoms with Gasteiger partial charge in [0.1, 0.15) is 0 Å². The van der Waals surface area contributed by atoms with Crippen LogP contribution < -0.4 is 0 Å². The Hall–Kier alpha value is -1.81. The molecule has 0 saturated heterocycles. The maximum atomic E-state index is 8.25. The van der Waals surface area contributed by atoms with Gasteiger partial charge < -0.3 is 62.4 Å². The Morgan fingerprint density at radius 2 is 0.500 bits per heavy atom. The van der Waals surface area contributed by atoms with Crippen LogP contribution in [-0.4, -0.2) is 31.7 Å². The zero-order valence-corrected chi connectivity index (χ0v) is 8.58. The van der Waals surface area contributed by atoms with Crippen molar-refractivity contribution >= 4 is 0 Å². The minimum absolute atomic E-state index is 0. The second kappa shape index (κ2) is 37.9. The van der Waals surface area contributed by atoms with Crippen LogP contribution >= 0.6 is 0 Å². The Labute approximate surface area is 100 Å². The zero-order valence-electron chi connectivity index (χ0n) is 7.02. The summed E-state index contributed by atoms with van der Waals surface area (Å²) < 4.78 is 0. The van der Waals surface area contributed by atoms with E-state index in [0.29, 0.717) is 0 Å². The van der Waals surface area contributed by atoms with Crippen LogP contribution in [-0.2, 0) is 21.7 Å². The van der Waals surface area contributed by atoms with Gasteiger partial charge >= 0.3 is 21.7 Å². The molecule has 16 heavy (non-hydrogen) atoms. The quantitative estimate of drug-likeness (QED) is 0.245. The van der Waals surface area contributed by atoms with E-state index in [0.717, 1.165) is 0 Å². The molecule has 0 fully saturated rings. The largest absolute Gasteiger partial charge is 3.00 e. The molecule has 0 unspecified atom stereocenters. The molecule has 16 heteroatoms. The van der Waals surface area contributed by atoms with Gasteiger partial charge in [0, 0.05) is 0 Å². The van der Waals surface area contributed by atoms with Crippen LogP contribution in [0.3, 0.4) is 0 Å². The first-order valence-corrected chi connectivity index (χ1v) is 1.64. The number of hydrogen-bond acceptors (Lipinski definition) is 9. The molecule has 0 heterocycles. The van der Waals surface area contributed by atoms with E-state index in [9.17, 15) is 0 Å². The molecule has 0 aromatic heterocycles.